The molecule has 15 heteroatoms. The SMILES string of the molecule is Cc1c(O)n(-c2ccc(S(=O)(=O)C(F)(F)F)cc2)c(=O)n1Cc1ccncc1NC(=O)CN1CCN(C)CC1. The van der Waals surface area contributed by atoms with Crippen molar-refractivity contribution < 1.29 is 31.5 Å². The van der Waals surface area contributed by atoms with E-state index in [1.165, 1.54) is 23.9 Å². The van der Waals surface area contributed by atoms with Crippen molar-refractivity contribution in [2.75, 3.05) is 45.1 Å². The first-order valence-electron chi connectivity index (χ1n) is 11.9. The number of pyridine rings is 1. The Morgan fingerprint density at radius 1 is 1.10 bits per heavy atom. The molecular formula is C24H27F3N6O5S. The minimum absolute atomic E-state index is 0.0316. The molecule has 210 valence electrons. The van der Waals surface area contributed by atoms with E-state index in [2.05, 4.69) is 15.2 Å². The van der Waals surface area contributed by atoms with Crippen LogP contribution in [0.1, 0.15) is 11.3 Å². The van der Waals surface area contributed by atoms with Gasteiger partial charge in [-0.2, -0.15) is 13.2 Å². The number of rotatable bonds is 7. The van der Waals surface area contributed by atoms with Gasteiger partial charge in [-0.05, 0) is 49.9 Å². The molecule has 4 rings (SSSR count). The summed E-state index contributed by atoms with van der Waals surface area (Å²) < 4.78 is 63.9. The lowest BCUT2D eigenvalue weighted by Crippen LogP contribution is -2.47. The standard InChI is InChI=1S/C24H27F3N6O5S/c1-16-22(35)33(18-3-5-19(6-4-18)39(37,38)24(25,26)27)23(36)32(16)14-17-7-8-28-13-20(17)29-21(34)15-31-11-9-30(2)10-12-31/h3-8,13,35H,9-12,14-15H2,1-2H3,(H,29,34). The molecule has 0 spiro atoms. The van der Waals surface area contributed by atoms with E-state index in [1.807, 2.05) is 11.9 Å². The van der Waals surface area contributed by atoms with E-state index in [-0.39, 0.29) is 30.4 Å². The molecule has 2 N–H and O–H groups in total. The van der Waals surface area contributed by atoms with Crippen LogP contribution in [0, 0.1) is 6.92 Å². The maximum absolute atomic E-state index is 13.2. The zero-order chi connectivity index (χ0) is 28.5. The summed E-state index contributed by atoms with van der Waals surface area (Å²) in [6, 6.07) is 5.05. The third-order valence-corrected chi connectivity index (χ3v) is 8.05. The van der Waals surface area contributed by atoms with Crippen molar-refractivity contribution in [3.8, 4) is 11.6 Å². The van der Waals surface area contributed by atoms with Gasteiger partial charge in [0.15, 0.2) is 0 Å². The first-order chi connectivity index (χ1) is 18.3. The zero-order valence-corrected chi connectivity index (χ0v) is 22.0. The summed E-state index contributed by atoms with van der Waals surface area (Å²) in [4.78, 5) is 33.2. The number of aromatic nitrogens is 3. The number of carbonyl (C=O) groups is 1. The molecule has 39 heavy (non-hydrogen) atoms. The number of nitrogens with zero attached hydrogens (tertiary/aromatic N) is 5. The van der Waals surface area contributed by atoms with Crippen LogP contribution in [0.2, 0.25) is 0 Å². The van der Waals surface area contributed by atoms with Crippen molar-refractivity contribution in [3.05, 3.63) is 64.5 Å². The largest absolute Gasteiger partial charge is 0.501 e. The highest BCUT2D eigenvalue weighted by Crippen LogP contribution is 2.31. The van der Waals surface area contributed by atoms with Crippen molar-refractivity contribution in [3.63, 3.8) is 0 Å². The van der Waals surface area contributed by atoms with E-state index < -0.39 is 31.8 Å². The summed E-state index contributed by atoms with van der Waals surface area (Å²) >= 11 is 0. The Balaban J connectivity index is 1.57. The molecule has 1 fully saturated rings. The Hall–Kier alpha value is -3.69. The number of likely N-dealkylation sites (N-methyl/N-ethyl adjacent to an activating group) is 1. The fourth-order valence-corrected chi connectivity index (χ4v) is 4.97. The summed E-state index contributed by atoms with van der Waals surface area (Å²) in [6.07, 6.45) is 2.94. The second-order valence-corrected chi connectivity index (χ2v) is 11.2. The monoisotopic (exact) mass is 568 g/mol. The summed E-state index contributed by atoms with van der Waals surface area (Å²) in [5.41, 5.74) is -5.16. The number of halogens is 3. The highest BCUT2D eigenvalue weighted by molar-refractivity contribution is 7.92. The summed E-state index contributed by atoms with van der Waals surface area (Å²) in [5.74, 6) is -0.715. The third kappa shape index (κ3) is 5.84. The van der Waals surface area contributed by atoms with Gasteiger partial charge in [-0.25, -0.2) is 17.8 Å². The fraction of sp³-hybridized carbons (Fsp3) is 0.375. The number of hydrogen-bond donors (Lipinski definition) is 2. The molecule has 0 atom stereocenters. The number of hydrogen-bond acceptors (Lipinski definition) is 8. The van der Waals surface area contributed by atoms with Crippen molar-refractivity contribution in [1.29, 1.82) is 0 Å². The zero-order valence-electron chi connectivity index (χ0n) is 21.1. The lowest BCUT2D eigenvalue weighted by Gasteiger charge is -2.31. The van der Waals surface area contributed by atoms with Crippen LogP contribution in [0.4, 0.5) is 18.9 Å². The predicted octanol–water partition coefficient (Wildman–Crippen LogP) is 1.58. The Bertz CT molecular complexity index is 1530. The number of aromatic hydroxyl groups is 1. The minimum atomic E-state index is -5.57. The Kier molecular flexibility index (Phi) is 7.86. The quantitative estimate of drug-likeness (QED) is 0.440. The number of benzene rings is 1. The highest BCUT2D eigenvalue weighted by Gasteiger charge is 2.46. The van der Waals surface area contributed by atoms with Gasteiger partial charge in [0.2, 0.25) is 11.8 Å². The number of sulfone groups is 1. The second-order valence-electron chi connectivity index (χ2n) is 9.22. The molecule has 1 aliphatic heterocycles. The second kappa shape index (κ2) is 10.8. The van der Waals surface area contributed by atoms with E-state index in [9.17, 15) is 36.3 Å². The number of anilines is 1. The van der Waals surface area contributed by atoms with Gasteiger partial charge in [0, 0.05) is 32.4 Å². The topological polar surface area (TPSA) is 130 Å². The Labute approximate surface area is 222 Å². The van der Waals surface area contributed by atoms with Crippen molar-refractivity contribution in [2.24, 2.45) is 0 Å². The number of carbonyl (C=O) groups excluding carboxylic acids is 1. The lowest BCUT2D eigenvalue weighted by atomic mass is 10.2. The van der Waals surface area contributed by atoms with E-state index in [0.29, 0.717) is 23.4 Å². The molecule has 11 nitrogen and oxygen atoms in total. The molecule has 1 amide bonds. The van der Waals surface area contributed by atoms with Gasteiger partial charge >= 0.3 is 11.2 Å². The third-order valence-electron chi connectivity index (χ3n) is 6.55. The molecule has 0 unspecified atom stereocenters. The summed E-state index contributed by atoms with van der Waals surface area (Å²) in [6.45, 7) is 4.84. The lowest BCUT2D eigenvalue weighted by molar-refractivity contribution is -0.117. The van der Waals surface area contributed by atoms with Crippen LogP contribution in [0.5, 0.6) is 5.88 Å². The number of imidazole rings is 1. The molecule has 2 aromatic heterocycles. The van der Waals surface area contributed by atoms with Crippen LogP contribution < -0.4 is 11.0 Å². The highest BCUT2D eigenvalue weighted by atomic mass is 32.2. The van der Waals surface area contributed by atoms with Gasteiger partial charge in [0.1, 0.15) is 0 Å². The molecule has 0 radical (unpaired) electrons. The van der Waals surface area contributed by atoms with Crippen molar-refractivity contribution >= 4 is 21.4 Å². The molecule has 1 aliphatic rings. The predicted molar refractivity (Wildman–Crippen MR) is 136 cm³/mol. The van der Waals surface area contributed by atoms with Crippen LogP contribution in [0.25, 0.3) is 5.69 Å². The normalized spacial score (nSPS) is 15.4. The van der Waals surface area contributed by atoms with Gasteiger partial charge in [0.25, 0.3) is 9.84 Å². The average molecular weight is 569 g/mol. The first kappa shape index (κ1) is 28.3. The first-order valence-corrected chi connectivity index (χ1v) is 13.3. The number of alkyl halides is 3. The minimum Gasteiger partial charge on any atom is -0.493 e. The van der Waals surface area contributed by atoms with Gasteiger partial charge < -0.3 is 15.3 Å². The van der Waals surface area contributed by atoms with Gasteiger partial charge in [-0.15, -0.1) is 0 Å². The molecule has 0 bridgehead atoms. The molecular weight excluding hydrogens is 541 g/mol. The number of amides is 1. The molecule has 3 heterocycles. The van der Waals surface area contributed by atoms with E-state index in [4.69, 9.17) is 0 Å². The maximum atomic E-state index is 13.2. The van der Waals surface area contributed by atoms with Crippen LogP contribution in [-0.4, -0.2) is 88.6 Å². The van der Waals surface area contributed by atoms with Crippen molar-refractivity contribution in [2.45, 2.75) is 23.9 Å². The van der Waals surface area contributed by atoms with Crippen LogP contribution in [-0.2, 0) is 21.2 Å². The average Bonchev–Trinajstić information content (AvgIpc) is 3.09. The van der Waals surface area contributed by atoms with Gasteiger partial charge in [0.05, 0.1) is 41.3 Å². The Morgan fingerprint density at radius 2 is 1.74 bits per heavy atom. The summed E-state index contributed by atoms with van der Waals surface area (Å²) in [7, 11) is -3.55. The smallest absolute Gasteiger partial charge is 0.493 e. The number of piperazine rings is 1. The molecule has 3 aromatic rings. The number of nitrogens with one attached hydrogen (secondary N) is 1. The molecule has 1 aromatic carbocycles. The maximum Gasteiger partial charge on any atom is 0.501 e. The van der Waals surface area contributed by atoms with Gasteiger partial charge in [-0.3, -0.25) is 19.2 Å². The van der Waals surface area contributed by atoms with Crippen LogP contribution in [0.15, 0.2) is 52.4 Å². The molecule has 1 saturated heterocycles. The van der Waals surface area contributed by atoms with Crippen LogP contribution in [0.3, 0.4) is 0 Å². The van der Waals surface area contributed by atoms with E-state index in [0.717, 1.165) is 42.9 Å². The Morgan fingerprint density at radius 3 is 2.36 bits per heavy atom. The summed E-state index contributed by atoms with van der Waals surface area (Å²) in [5, 5.41) is 13.5. The van der Waals surface area contributed by atoms with E-state index in [1.54, 1.807) is 6.07 Å². The molecule has 0 saturated carbocycles. The molecule has 0 aliphatic carbocycles. The fourth-order valence-electron chi connectivity index (χ4n) is 4.21. The van der Waals surface area contributed by atoms with Crippen LogP contribution >= 0.6 is 0 Å². The van der Waals surface area contributed by atoms with Crippen molar-refractivity contribution in [1.82, 2.24) is 23.9 Å². The van der Waals surface area contributed by atoms with E-state index >= 15 is 0 Å². The van der Waals surface area contributed by atoms with Gasteiger partial charge in [-0.1, -0.05) is 0 Å².